The van der Waals surface area contributed by atoms with Crippen LogP contribution in [0.2, 0.25) is 0 Å². The lowest BCUT2D eigenvalue weighted by Crippen LogP contribution is -2.30. The monoisotopic (exact) mass is 981 g/mol. The van der Waals surface area contributed by atoms with Crippen LogP contribution in [0.25, 0.3) is 0 Å². The third-order valence-corrected chi connectivity index (χ3v) is 11.6. The van der Waals surface area contributed by atoms with E-state index in [1.807, 2.05) is 6.08 Å². The zero-order valence-corrected chi connectivity index (χ0v) is 45.7. The van der Waals surface area contributed by atoms with Crippen molar-refractivity contribution in [1.82, 2.24) is 0 Å². The molecule has 0 N–H and O–H groups in total. The van der Waals surface area contributed by atoms with Crippen LogP contribution in [0.3, 0.4) is 0 Å². The molecule has 0 fully saturated rings. The highest BCUT2D eigenvalue weighted by molar-refractivity contribution is 5.71. The SMILES string of the molecule is CCCCC/C=C\C/C=C\C/C=C\C/C=C\C/C=C\CCC(=O)OC[C@H](COC(=O)CCCCCCC/C=C\C/C=C\CCCCC)OC(=O)CCCCC/C=C\C/C=C\C/C=C\C/C=C\CCCCC. The van der Waals surface area contributed by atoms with Gasteiger partial charge in [-0.05, 0) is 135 Å². The second-order valence-electron chi connectivity index (χ2n) is 18.5. The molecule has 71 heavy (non-hydrogen) atoms. The van der Waals surface area contributed by atoms with Crippen molar-refractivity contribution in [3.8, 4) is 0 Å². The Balaban J connectivity index is 4.61. The van der Waals surface area contributed by atoms with Crippen molar-refractivity contribution in [2.24, 2.45) is 0 Å². The minimum atomic E-state index is -0.836. The van der Waals surface area contributed by atoms with Crippen molar-refractivity contribution >= 4 is 17.9 Å². The first-order valence-corrected chi connectivity index (χ1v) is 28.7. The van der Waals surface area contributed by atoms with Crippen LogP contribution in [0.5, 0.6) is 0 Å². The van der Waals surface area contributed by atoms with E-state index in [-0.39, 0.29) is 44.0 Å². The first-order valence-electron chi connectivity index (χ1n) is 28.7. The molecular formula is C65H104O6. The topological polar surface area (TPSA) is 78.9 Å². The second-order valence-corrected chi connectivity index (χ2v) is 18.5. The average Bonchev–Trinajstić information content (AvgIpc) is 3.37. The summed E-state index contributed by atoms with van der Waals surface area (Å²) < 4.78 is 16.7. The van der Waals surface area contributed by atoms with Gasteiger partial charge in [0.1, 0.15) is 13.2 Å². The molecule has 0 aromatic rings. The summed E-state index contributed by atoms with van der Waals surface area (Å²) in [6.45, 7) is 6.44. The fourth-order valence-electron chi connectivity index (χ4n) is 7.26. The van der Waals surface area contributed by atoms with Crippen molar-refractivity contribution in [1.29, 1.82) is 0 Å². The first-order chi connectivity index (χ1) is 35.0. The van der Waals surface area contributed by atoms with E-state index in [0.717, 1.165) is 109 Å². The molecule has 1 atom stereocenters. The molecule has 0 aromatic carbocycles. The molecule has 0 saturated heterocycles. The third kappa shape index (κ3) is 56.3. The minimum absolute atomic E-state index is 0.126. The Labute approximate surface area is 436 Å². The third-order valence-electron chi connectivity index (χ3n) is 11.6. The maximum Gasteiger partial charge on any atom is 0.306 e. The summed E-state index contributed by atoms with van der Waals surface area (Å²) in [6.07, 6.45) is 81.6. The van der Waals surface area contributed by atoms with Crippen LogP contribution in [0.4, 0.5) is 0 Å². The lowest BCUT2D eigenvalue weighted by molar-refractivity contribution is -0.166. The maximum atomic E-state index is 12.9. The Hall–Kier alpha value is -4.45. The summed E-state index contributed by atoms with van der Waals surface area (Å²) in [4.78, 5) is 38.1. The van der Waals surface area contributed by atoms with Gasteiger partial charge in [0.15, 0.2) is 6.10 Å². The van der Waals surface area contributed by atoms with E-state index in [2.05, 4.69) is 148 Å². The van der Waals surface area contributed by atoms with Gasteiger partial charge in [-0.3, -0.25) is 14.4 Å². The lowest BCUT2D eigenvalue weighted by atomic mass is 10.1. The number of carbonyl (C=O) groups excluding carboxylic acids is 3. The molecule has 400 valence electrons. The smallest absolute Gasteiger partial charge is 0.306 e. The molecule has 0 saturated carbocycles. The van der Waals surface area contributed by atoms with Crippen LogP contribution in [0.15, 0.2) is 134 Å². The van der Waals surface area contributed by atoms with Gasteiger partial charge in [0.05, 0.1) is 0 Å². The number of rotatable bonds is 50. The number of unbranched alkanes of at least 4 members (excludes halogenated alkanes) is 17. The van der Waals surface area contributed by atoms with Crippen molar-refractivity contribution < 1.29 is 28.6 Å². The number of allylic oxidation sites excluding steroid dienone is 22. The van der Waals surface area contributed by atoms with E-state index >= 15 is 0 Å². The standard InChI is InChI=1S/C65H104O6/c1-4-7-10-13-16-19-22-25-28-30-32-34-37-40-43-46-49-52-55-58-64(67)70-61-62(60-69-63(66)57-54-51-48-45-42-39-36-27-24-21-18-15-12-9-6-3)71-65(68)59-56-53-50-47-44-41-38-35-33-31-29-26-23-20-17-14-11-8-5-2/h16-21,25-29,32-36,40-41,43-44,49,52,62H,4-15,22-24,30-31,37-39,42,45-48,50-51,53-61H2,1-3H3/b19-16-,20-17-,21-18-,28-25-,29-26-,34-32-,35-33-,36-27-,43-40-,44-41-,52-49-/t62-/m0/s1. The molecule has 0 radical (unpaired) electrons. The highest BCUT2D eigenvalue weighted by Gasteiger charge is 2.19. The van der Waals surface area contributed by atoms with Crippen molar-refractivity contribution in [3.05, 3.63) is 134 Å². The molecule has 0 aliphatic heterocycles. The Morgan fingerprint density at radius 2 is 0.535 bits per heavy atom. The molecule has 0 unspecified atom stereocenters. The van der Waals surface area contributed by atoms with E-state index < -0.39 is 6.10 Å². The van der Waals surface area contributed by atoms with Crippen molar-refractivity contribution in [2.45, 2.75) is 245 Å². The summed E-state index contributed by atoms with van der Waals surface area (Å²) in [5.74, 6) is -1.06. The molecular weight excluding hydrogens is 877 g/mol. The molecule has 0 bridgehead atoms. The van der Waals surface area contributed by atoms with Gasteiger partial charge in [0, 0.05) is 19.3 Å². The molecule has 0 heterocycles. The molecule has 0 amide bonds. The molecule has 0 aliphatic rings. The first kappa shape index (κ1) is 66.6. The van der Waals surface area contributed by atoms with Crippen molar-refractivity contribution in [3.63, 3.8) is 0 Å². The van der Waals surface area contributed by atoms with E-state index in [1.54, 1.807) is 0 Å². The lowest BCUT2D eigenvalue weighted by Gasteiger charge is -2.18. The van der Waals surface area contributed by atoms with Gasteiger partial charge >= 0.3 is 17.9 Å². The number of carbonyl (C=O) groups is 3. The second kappa shape index (κ2) is 58.1. The molecule has 0 rings (SSSR count). The van der Waals surface area contributed by atoms with E-state index in [1.165, 1.54) is 77.0 Å². The molecule has 0 aliphatic carbocycles. The van der Waals surface area contributed by atoms with Gasteiger partial charge < -0.3 is 14.2 Å². The number of esters is 3. The number of hydrogen-bond acceptors (Lipinski definition) is 6. The van der Waals surface area contributed by atoms with Crippen LogP contribution < -0.4 is 0 Å². The van der Waals surface area contributed by atoms with Gasteiger partial charge in [-0.2, -0.15) is 0 Å². The Bertz CT molecular complexity index is 1550. The van der Waals surface area contributed by atoms with E-state index in [9.17, 15) is 14.4 Å². The molecule has 0 aromatic heterocycles. The Kier molecular flexibility index (Phi) is 54.5. The molecule has 6 nitrogen and oxygen atoms in total. The summed E-state index contributed by atoms with van der Waals surface area (Å²) >= 11 is 0. The van der Waals surface area contributed by atoms with Gasteiger partial charge in [-0.1, -0.05) is 219 Å². The van der Waals surface area contributed by atoms with Crippen LogP contribution in [0.1, 0.15) is 239 Å². The Morgan fingerprint density at radius 3 is 0.887 bits per heavy atom. The predicted octanol–water partition coefficient (Wildman–Crippen LogP) is 19.4. The fraction of sp³-hybridized carbons (Fsp3) is 0.615. The van der Waals surface area contributed by atoms with Crippen LogP contribution in [-0.2, 0) is 28.6 Å². The summed E-state index contributed by atoms with van der Waals surface area (Å²) in [7, 11) is 0. The van der Waals surface area contributed by atoms with Gasteiger partial charge in [0.2, 0.25) is 0 Å². The van der Waals surface area contributed by atoms with Gasteiger partial charge in [-0.25, -0.2) is 0 Å². The summed E-state index contributed by atoms with van der Waals surface area (Å²) in [5.41, 5.74) is 0. The minimum Gasteiger partial charge on any atom is -0.462 e. The Morgan fingerprint density at radius 1 is 0.282 bits per heavy atom. The highest BCUT2D eigenvalue weighted by Crippen LogP contribution is 2.12. The predicted molar refractivity (Wildman–Crippen MR) is 306 cm³/mol. The van der Waals surface area contributed by atoms with Crippen LogP contribution in [-0.4, -0.2) is 37.2 Å². The normalized spacial score (nSPS) is 13.1. The maximum absolute atomic E-state index is 12.9. The highest BCUT2D eigenvalue weighted by atomic mass is 16.6. The molecule has 6 heteroatoms. The van der Waals surface area contributed by atoms with Gasteiger partial charge in [-0.15, -0.1) is 0 Å². The largest absolute Gasteiger partial charge is 0.462 e. The quantitative estimate of drug-likeness (QED) is 0.0262. The summed E-state index contributed by atoms with van der Waals surface area (Å²) in [6, 6.07) is 0. The summed E-state index contributed by atoms with van der Waals surface area (Å²) in [5, 5.41) is 0. The van der Waals surface area contributed by atoms with E-state index in [0.29, 0.717) is 19.3 Å². The molecule has 0 spiro atoms. The van der Waals surface area contributed by atoms with Crippen LogP contribution >= 0.6 is 0 Å². The van der Waals surface area contributed by atoms with Gasteiger partial charge in [0.25, 0.3) is 0 Å². The number of ether oxygens (including phenoxy) is 3. The zero-order chi connectivity index (χ0) is 51.4. The van der Waals surface area contributed by atoms with E-state index in [4.69, 9.17) is 14.2 Å². The van der Waals surface area contributed by atoms with Crippen molar-refractivity contribution in [2.75, 3.05) is 13.2 Å². The fourth-order valence-corrected chi connectivity index (χ4v) is 7.26. The number of hydrogen-bond donors (Lipinski definition) is 0. The van der Waals surface area contributed by atoms with Crippen LogP contribution in [0, 0.1) is 0 Å². The average molecular weight is 982 g/mol. The zero-order valence-electron chi connectivity index (χ0n) is 45.7.